The number of benzene rings is 1. The molecule has 0 spiro atoms. The monoisotopic (exact) mass is 231 g/mol. The quantitative estimate of drug-likeness (QED) is 0.738. The van der Waals surface area contributed by atoms with Gasteiger partial charge in [-0.2, -0.15) is 0 Å². The van der Waals surface area contributed by atoms with Crippen molar-refractivity contribution in [2.75, 3.05) is 18.5 Å². The van der Waals surface area contributed by atoms with E-state index < -0.39 is 0 Å². The summed E-state index contributed by atoms with van der Waals surface area (Å²) in [5.74, 6) is -0.333. The largest absolute Gasteiger partial charge is 0.396 e. The third kappa shape index (κ3) is 5.00. The van der Waals surface area contributed by atoms with Crippen LogP contribution in [0.15, 0.2) is 18.2 Å². The van der Waals surface area contributed by atoms with Crippen molar-refractivity contribution in [3.05, 3.63) is 29.0 Å². The molecule has 0 aliphatic carbocycles. The lowest BCUT2D eigenvalue weighted by Crippen LogP contribution is -2.02. The van der Waals surface area contributed by atoms with Gasteiger partial charge in [0.2, 0.25) is 0 Å². The number of anilines is 1. The van der Waals surface area contributed by atoms with Crippen LogP contribution in [0.4, 0.5) is 10.1 Å². The average molecular weight is 232 g/mol. The third-order valence-electron chi connectivity index (χ3n) is 2.03. The number of aliphatic hydroxyl groups excluding tert-OH is 1. The zero-order chi connectivity index (χ0) is 11.1. The molecule has 0 amide bonds. The van der Waals surface area contributed by atoms with E-state index >= 15 is 0 Å². The molecule has 4 heteroatoms. The first kappa shape index (κ1) is 12.3. The van der Waals surface area contributed by atoms with Crippen molar-refractivity contribution in [2.45, 2.75) is 19.3 Å². The summed E-state index contributed by atoms with van der Waals surface area (Å²) in [5, 5.41) is 12.0. The van der Waals surface area contributed by atoms with Crippen molar-refractivity contribution >= 4 is 17.3 Å². The fraction of sp³-hybridized carbons (Fsp3) is 0.455. The van der Waals surface area contributed by atoms with E-state index in [9.17, 15) is 4.39 Å². The van der Waals surface area contributed by atoms with Crippen LogP contribution >= 0.6 is 11.6 Å². The van der Waals surface area contributed by atoms with Gasteiger partial charge in [-0.05, 0) is 37.5 Å². The van der Waals surface area contributed by atoms with E-state index in [1.807, 2.05) is 0 Å². The molecular formula is C11H15ClFNO. The highest BCUT2D eigenvalue weighted by Gasteiger charge is 1.98. The first-order chi connectivity index (χ1) is 7.22. The highest BCUT2D eigenvalue weighted by molar-refractivity contribution is 6.30. The Morgan fingerprint density at radius 2 is 2.00 bits per heavy atom. The van der Waals surface area contributed by atoms with E-state index in [2.05, 4.69) is 5.32 Å². The Balaban J connectivity index is 2.31. The van der Waals surface area contributed by atoms with Crippen molar-refractivity contribution < 1.29 is 9.50 Å². The lowest BCUT2D eigenvalue weighted by Gasteiger charge is -2.06. The summed E-state index contributed by atoms with van der Waals surface area (Å²) in [6.07, 6.45) is 2.73. The second-order valence-corrected chi connectivity index (χ2v) is 3.81. The predicted octanol–water partition coefficient (Wildman–Crippen LogP) is 3.05. The Labute approximate surface area is 94.1 Å². The molecule has 84 valence electrons. The van der Waals surface area contributed by atoms with Crippen LogP contribution in [0.5, 0.6) is 0 Å². The van der Waals surface area contributed by atoms with Gasteiger partial charge in [0, 0.05) is 23.9 Å². The topological polar surface area (TPSA) is 32.3 Å². The van der Waals surface area contributed by atoms with Gasteiger partial charge in [-0.3, -0.25) is 0 Å². The van der Waals surface area contributed by atoms with Gasteiger partial charge in [-0.1, -0.05) is 11.6 Å². The van der Waals surface area contributed by atoms with Crippen molar-refractivity contribution in [1.82, 2.24) is 0 Å². The van der Waals surface area contributed by atoms with Crippen LogP contribution in [0.1, 0.15) is 19.3 Å². The van der Waals surface area contributed by atoms with Gasteiger partial charge in [0.1, 0.15) is 5.82 Å². The number of rotatable bonds is 6. The van der Waals surface area contributed by atoms with E-state index in [0.29, 0.717) is 10.7 Å². The SMILES string of the molecule is OCCCCCNc1cc(F)cc(Cl)c1. The first-order valence-corrected chi connectivity index (χ1v) is 5.41. The molecule has 0 aliphatic heterocycles. The summed E-state index contributed by atoms with van der Waals surface area (Å²) >= 11 is 5.70. The minimum atomic E-state index is -0.333. The first-order valence-electron chi connectivity index (χ1n) is 5.03. The minimum Gasteiger partial charge on any atom is -0.396 e. The van der Waals surface area contributed by atoms with Gasteiger partial charge >= 0.3 is 0 Å². The molecule has 0 aromatic heterocycles. The molecule has 0 heterocycles. The molecule has 0 unspecified atom stereocenters. The number of nitrogens with one attached hydrogen (secondary N) is 1. The maximum Gasteiger partial charge on any atom is 0.126 e. The van der Waals surface area contributed by atoms with Gasteiger partial charge < -0.3 is 10.4 Å². The van der Waals surface area contributed by atoms with E-state index in [4.69, 9.17) is 16.7 Å². The van der Waals surface area contributed by atoms with Crippen molar-refractivity contribution in [2.24, 2.45) is 0 Å². The number of hydrogen-bond acceptors (Lipinski definition) is 2. The van der Waals surface area contributed by atoms with E-state index in [1.165, 1.54) is 12.1 Å². The summed E-state index contributed by atoms with van der Waals surface area (Å²) in [7, 11) is 0. The summed E-state index contributed by atoms with van der Waals surface area (Å²) < 4.78 is 12.9. The Morgan fingerprint density at radius 1 is 1.20 bits per heavy atom. The molecule has 1 aromatic rings. The smallest absolute Gasteiger partial charge is 0.126 e. The molecule has 0 aliphatic rings. The van der Waals surface area contributed by atoms with Gasteiger partial charge in [-0.15, -0.1) is 0 Å². The van der Waals surface area contributed by atoms with Crippen LogP contribution in [-0.2, 0) is 0 Å². The molecule has 1 aromatic carbocycles. The fourth-order valence-corrected chi connectivity index (χ4v) is 1.52. The maximum atomic E-state index is 12.9. The Kier molecular flexibility index (Phi) is 5.43. The highest BCUT2D eigenvalue weighted by atomic mass is 35.5. The molecule has 0 fully saturated rings. The molecule has 1 rings (SSSR count). The van der Waals surface area contributed by atoms with Gasteiger partial charge in [-0.25, -0.2) is 4.39 Å². The standard InChI is InChI=1S/C11H15ClFNO/c12-9-6-10(13)8-11(7-9)14-4-2-1-3-5-15/h6-8,14-15H,1-5H2. The second-order valence-electron chi connectivity index (χ2n) is 3.37. The summed E-state index contributed by atoms with van der Waals surface area (Å²) in [6, 6.07) is 4.38. The second kappa shape index (κ2) is 6.64. The van der Waals surface area contributed by atoms with E-state index in [0.717, 1.165) is 25.8 Å². The molecule has 2 N–H and O–H groups in total. The van der Waals surface area contributed by atoms with E-state index in [-0.39, 0.29) is 12.4 Å². The van der Waals surface area contributed by atoms with Crippen LogP contribution in [0.25, 0.3) is 0 Å². The third-order valence-corrected chi connectivity index (χ3v) is 2.24. The highest BCUT2D eigenvalue weighted by Crippen LogP contribution is 2.17. The van der Waals surface area contributed by atoms with Crippen LogP contribution in [-0.4, -0.2) is 18.3 Å². The van der Waals surface area contributed by atoms with Crippen molar-refractivity contribution in [3.8, 4) is 0 Å². The van der Waals surface area contributed by atoms with Gasteiger partial charge in [0.25, 0.3) is 0 Å². The Hall–Kier alpha value is -0.800. The van der Waals surface area contributed by atoms with Gasteiger partial charge in [0.15, 0.2) is 0 Å². The van der Waals surface area contributed by atoms with Crippen LogP contribution in [0.2, 0.25) is 5.02 Å². The predicted molar refractivity (Wildman–Crippen MR) is 60.8 cm³/mol. The number of hydrogen-bond donors (Lipinski definition) is 2. The lowest BCUT2D eigenvalue weighted by atomic mass is 10.2. The van der Waals surface area contributed by atoms with Crippen LogP contribution < -0.4 is 5.32 Å². The van der Waals surface area contributed by atoms with E-state index in [1.54, 1.807) is 6.07 Å². The lowest BCUT2D eigenvalue weighted by molar-refractivity contribution is 0.283. The zero-order valence-electron chi connectivity index (χ0n) is 8.47. The summed E-state index contributed by atoms with van der Waals surface area (Å²) in [4.78, 5) is 0. The minimum absolute atomic E-state index is 0.228. The summed E-state index contributed by atoms with van der Waals surface area (Å²) in [5.41, 5.74) is 0.698. The molecule has 0 saturated carbocycles. The molecule has 0 atom stereocenters. The van der Waals surface area contributed by atoms with Crippen molar-refractivity contribution in [1.29, 1.82) is 0 Å². The molecule has 0 bridgehead atoms. The Bertz CT molecular complexity index is 286. The molecule has 15 heavy (non-hydrogen) atoms. The van der Waals surface area contributed by atoms with Gasteiger partial charge in [0.05, 0.1) is 0 Å². The molecule has 2 nitrogen and oxygen atoms in total. The molecule has 0 saturated heterocycles. The molecular weight excluding hydrogens is 217 g/mol. The Morgan fingerprint density at radius 3 is 2.67 bits per heavy atom. The molecule has 0 radical (unpaired) electrons. The average Bonchev–Trinajstić information content (AvgIpc) is 2.16. The number of halogens is 2. The van der Waals surface area contributed by atoms with Crippen molar-refractivity contribution in [3.63, 3.8) is 0 Å². The maximum absolute atomic E-state index is 12.9. The fourth-order valence-electron chi connectivity index (χ4n) is 1.30. The zero-order valence-corrected chi connectivity index (χ0v) is 9.23. The normalized spacial score (nSPS) is 10.3. The van der Waals surface area contributed by atoms with Crippen LogP contribution in [0, 0.1) is 5.82 Å². The number of unbranched alkanes of at least 4 members (excludes halogenated alkanes) is 2. The number of aliphatic hydroxyl groups is 1. The van der Waals surface area contributed by atoms with Crippen LogP contribution in [0.3, 0.4) is 0 Å². The summed E-state index contributed by atoms with van der Waals surface area (Å²) in [6.45, 7) is 0.992.